The average molecular weight is 219 g/mol. The van der Waals surface area contributed by atoms with Gasteiger partial charge in [-0.25, -0.2) is 4.57 Å². The molecule has 1 aromatic carbocycles. The summed E-state index contributed by atoms with van der Waals surface area (Å²) in [5.41, 5.74) is 0. The zero-order chi connectivity index (χ0) is 11.0. The molecule has 14 heavy (non-hydrogen) atoms. The average Bonchev–Trinajstić information content (AvgIpc) is 2.04. The number of phosphoric acid groups is 1. The third-order valence-electron chi connectivity index (χ3n) is 0.968. The first kappa shape index (κ1) is 13.1. The molecule has 3 N–H and O–H groups in total. The molecular formula is C8H14NO4P. The zero-order valence-corrected chi connectivity index (χ0v) is 8.94. The smallest absolute Gasteiger partial charge is 0.404 e. The lowest BCUT2D eigenvalue weighted by atomic mass is 10.3. The third kappa shape index (κ3) is 7.76. The lowest BCUT2D eigenvalue weighted by Gasteiger charge is -2.04. The Morgan fingerprint density at radius 2 is 1.64 bits per heavy atom. The molecule has 6 heteroatoms. The molecule has 0 heterocycles. The van der Waals surface area contributed by atoms with E-state index >= 15 is 0 Å². The SMILES string of the molecule is CNC.O=P(O)(O)Oc1ccccc1. The van der Waals surface area contributed by atoms with Crippen LogP contribution in [0.1, 0.15) is 0 Å². The summed E-state index contributed by atoms with van der Waals surface area (Å²) in [5, 5.41) is 2.75. The van der Waals surface area contributed by atoms with Crippen LogP contribution >= 0.6 is 7.82 Å². The van der Waals surface area contributed by atoms with E-state index in [0.717, 1.165) is 0 Å². The molecule has 0 aliphatic heterocycles. The van der Waals surface area contributed by atoms with Crippen molar-refractivity contribution in [2.75, 3.05) is 14.1 Å². The number of hydrogen-bond donors (Lipinski definition) is 3. The molecule has 0 aliphatic rings. The topological polar surface area (TPSA) is 78.8 Å². The number of benzene rings is 1. The van der Waals surface area contributed by atoms with Gasteiger partial charge in [-0.05, 0) is 26.2 Å². The second-order valence-corrected chi connectivity index (χ2v) is 3.56. The Bertz CT molecular complexity index is 285. The van der Waals surface area contributed by atoms with E-state index in [1.807, 2.05) is 14.1 Å². The molecule has 0 saturated heterocycles. The highest BCUT2D eigenvalue weighted by molar-refractivity contribution is 7.46. The first-order valence-corrected chi connectivity index (χ1v) is 5.41. The molecule has 0 bridgehead atoms. The van der Waals surface area contributed by atoms with Crippen LogP contribution in [0.15, 0.2) is 30.3 Å². The Morgan fingerprint density at radius 1 is 1.21 bits per heavy atom. The van der Waals surface area contributed by atoms with E-state index in [1.54, 1.807) is 18.2 Å². The molecule has 1 rings (SSSR count). The van der Waals surface area contributed by atoms with Gasteiger partial charge in [-0.2, -0.15) is 0 Å². The molecule has 0 unspecified atom stereocenters. The minimum absolute atomic E-state index is 0.167. The maximum atomic E-state index is 10.3. The summed E-state index contributed by atoms with van der Waals surface area (Å²) < 4.78 is 14.5. The van der Waals surface area contributed by atoms with Crippen LogP contribution in [0.25, 0.3) is 0 Å². The monoisotopic (exact) mass is 219 g/mol. The van der Waals surface area contributed by atoms with Crippen molar-refractivity contribution in [3.8, 4) is 5.75 Å². The van der Waals surface area contributed by atoms with Crippen molar-refractivity contribution < 1.29 is 18.9 Å². The predicted octanol–water partition coefficient (Wildman–Crippen LogP) is 0.994. The van der Waals surface area contributed by atoms with Crippen LogP contribution < -0.4 is 9.84 Å². The van der Waals surface area contributed by atoms with Gasteiger partial charge in [-0.1, -0.05) is 18.2 Å². The predicted molar refractivity (Wildman–Crippen MR) is 54.1 cm³/mol. The van der Waals surface area contributed by atoms with Gasteiger partial charge in [0.1, 0.15) is 5.75 Å². The van der Waals surface area contributed by atoms with Gasteiger partial charge >= 0.3 is 7.82 Å². The minimum Gasteiger partial charge on any atom is -0.404 e. The lowest BCUT2D eigenvalue weighted by molar-refractivity contribution is 0.283. The van der Waals surface area contributed by atoms with Crippen molar-refractivity contribution in [1.29, 1.82) is 0 Å². The fourth-order valence-corrected chi connectivity index (χ4v) is 1.02. The van der Waals surface area contributed by atoms with Gasteiger partial charge in [0.25, 0.3) is 0 Å². The van der Waals surface area contributed by atoms with Gasteiger partial charge in [-0.3, -0.25) is 9.79 Å². The van der Waals surface area contributed by atoms with Crippen molar-refractivity contribution in [3.63, 3.8) is 0 Å². The van der Waals surface area contributed by atoms with E-state index < -0.39 is 7.82 Å². The molecule has 0 radical (unpaired) electrons. The van der Waals surface area contributed by atoms with E-state index in [4.69, 9.17) is 9.79 Å². The van der Waals surface area contributed by atoms with Crippen LogP contribution in [0.4, 0.5) is 0 Å². The molecule has 0 fully saturated rings. The Hall–Kier alpha value is -0.870. The van der Waals surface area contributed by atoms with Crippen molar-refractivity contribution in [1.82, 2.24) is 5.32 Å². The number of phosphoric ester groups is 1. The normalized spacial score (nSPS) is 10.0. The minimum atomic E-state index is -4.39. The van der Waals surface area contributed by atoms with E-state index in [1.165, 1.54) is 12.1 Å². The molecule has 0 saturated carbocycles. The first-order valence-electron chi connectivity index (χ1n) is 3.88. The maximum Gasteiger partial charge on any atom is 0.524 e. The molecular weight excluding hydrogens is 205 g/mol. The Morgan fingerprint density at radius 3 is 2.00 bits per heavy atom. The highest BCUT2D eigenvalue weighted by Gasteiger charge is 2.14. The summed E-state index contributed by atoms with van der Waals surface area (Å²) in [6.07, 6.45) is 0. The van der Waals surface area contributed by atoms with E-state index in [9.17, 15) is 4.57 Å². The number of rotatable bonds is 2. The summed E-state index contributed by atoms with van der Waals surface area (Å²) >= 11 is 0. The molecule has 1 aromatic rings. The molecule has 0 amide bonds. The molecule has 5 nitrogen and oxygen atoms in total. The highest BCUT2D eigenvalue weighted by Crippen LogP contribution is 2.36. The second-order valence-electron chi connectivity index (χ2n) is 2.39. The number of para-hydroxylation sites is 1. The van der Waals surface area contributed by atoms with Crippen LogP contribution in [0.5, 0.6) is 5.75 Å². The maximum absolute atomic E-state index is 10.3. The summed E-state index contributed by atoms with van der Waals surface area (Å²) in [6.45, 7) is 0. The van der Waals surface area contributed by atoms with Gasteiger partial charge in [0.15, 0.2) is 0 Å². The molecule has 0 aliphatic carbocycles. The highest BCUT2D eigenvalue weighted by atomic mass is 31.2. The zero-order valence-electron chi connectivity index (χ0n) is 8.04. The quantitative estimate of drug-likeness (QED) is 0.646. The van der Waals surface area contributed by atoms with Crippen LogP contribution in [0.3, 0.4) is 0 Å². The van der Waals surface area contributed by atoms with Gasteiger partial charge in [0, 0.05) is 0 Å². The Labute approximate surface area is 83.0 Å². The fourth-order valence-electron chi connectivity index (χ4n) is 0.619. The first-order chi connectivity index (χ1) is 6.49. The molecule has 80 valence electrons. The Balaban J connectivity index is 0.000000500. The van der Waals surface area contributed by atoms with Gasteiger partial charge in [0.2, 0.25) is 0 Å². The van der Waals surface area contributed by atoms with E-state index in [0.29, 0.717) is 0 Å². The summed E-state index contributed by atoms with van der Waals surface area (Å²) in [6, 6.07) is 7.93. The van der Waals surface area contributed by atoms with Crippen LogP contribution in [0.2, 0.25) is 0 Å². The molecule has 0 aromatic heterocycles. The van der Waals surface area contributed by atoms with Crippen LogP contribution in [0, 0.1) is 0 Å². The largest absolute Gasteiger partial charge is 0.524 e. The standard InChI is InChI=1S/C6H7O4P.C2H7N/c7-11(8,9)10-6-4-2-1-3-5-6;1-3-2/h1-5H,(H2,7,8,9);3H,1-2H3. The van der Waals surface area contributed by atoms with Crippen LogP contribution in [-0.4, -0.2) is 23.9 Å². The number of hydrogen-bond acceptors (Lipinski definition) is 3. The fraction of sp³-hybridized carbons (Fsp3) is 0.250. The molecule has 0 spiro atoms. The van der Waals surface area contributed by atoms with Gasteiger partial charge in [0.05, 0.1) is 0 Å². The van der Waals surface area contributed by atoms with Crippen molar-refractivity contribution >= 4 is 7.82 Å². The summed E-state index contributed by atoms with van der Waals surface area (Å²) in [5.74, 6) is 0.167. The third-order valence-corrected chi connectivity index (χ3v) is 1.42. The van der Waals surface area contributed by atoms with E-state index in [-0.39, 0.29) is 5.75 Å². The van der Waals surface area contributed by atoms with Gasteiger partial charge in [-0.15, -0.1) is 0 Å². The van der Waals surface area contributed by atoms with Crippen LogP contribution in [-0.2, 0) is 4.57 Å². The van der Waals surface area contributed by atoms with Crippen molar-refractivity contribution in [3.05, 3.63) is 30.3 Å². The summed E-state index contributed by atoms with van der Waals surface area (Å²) in [4.78, 5) is 16.7. The van der Waals surface area contributed by atoms with E-state index in [2.05, 4.69) is 9.84 Å². The van der Waals surface area contributed by atoms with Crippen molar-refractivity contribution in [2.24, 2.45) is 0 Å². The van der Waals surface area contributed by atoms with Gasteiger partial charge < -0.3 is 9.84 Å². The lowest BCUT2D eigenvalue weighted by Crippen LogP contribution is -1.89. The Kier molecular flexibility index (Phi) is 6.16. The summed E-state index contributed by atoms with van der Waals surface area (Å²) in [7, 11) is -0.638. The number of nitrogens with one attached hydrogen (secondary N) is 1. The second kappa shape index (κ2) is 6.56. The van der Waals surface area contributed by atoms with Crippen molar-refractivity contribution in [2.45, 2.75) is 0 Å². The molecule has 0 atom stereocenters.